The number of aromatic carboxylic acids is 1. The predicted molar refractivity (Wildman–Crippen MR) is 76.4 cm³/mol. The first-order valence-electron chi connectivity index (χ1n) is 6.91. The van der Waals surface area contributed by atoms with Gasteiger partial charge in [0.25, 0.3) is 0 Å². The van der Waals surface area contributed by atoms with Crippen LogP contribution in [0.3, 0.4) is 0 Å². The monoisotopic (exact) mass is 287 g/mol. The zero-order valence-corrected chi connectivity index (χ0v) is 11.8. The zero-order chi connectivity index (χ0) is 15.2. The van der Waals surface area contributed by atoms with E-state index in [1.807, 2.05) is 0 Å². The standard InChI is InChI=1S/C15H17N3O3/c1-2-3-4-9-12-13(17-18-16-12)14(19)10-7-5-6-8-11(10)15(20)21/h5-8H,2-4,9H2,1H3,(H,20,21)(H,16,17,18). The number of ketones is 1. The van der Waals surface area contributed by atoms with Gasteiger partial charge in [-0.15, -0.1) is 0 Å². The number of carboxylic acids is 1. The Labute approximate surface area is 122 Å². The SMILES string of the molecule is CCCCCc1n[nH]nc1C(=O)c1ccccc1C(=O)O. The molecule has 0 saturated carbocycles. The van der Waals surface area contributed by atoms with Crippen LogP contribution in [0.15, 0.2) is 24.3 Å². The quantitative estimate of drug-likeness (QED) is 0.602. The van der Waals surface area contributed by atoms with Gasteiger partial charge in [-0.2, -0.15) is 15.4 Å². The lowest BCUT2D eigenvalue weighted by Crippen LogP contribution is -2.11. The summed E-state index contributed by atoms with van der Waals surface area (Å²) < 4.78 is 0. The number of carbonyl (C=O) groups is 2. The fourth-order valence-corrected chi connectivity index (χ4v) is 2.15. The highest BCUT2D eigenvalue weighted by Gasteiger charge is 2.22. The number of hydrogen-bond donors (Lipinski definition) is 2. The number of carboxylic acid groups (broad SMARTS) is 1. The number of benzene rings is 1. The number of nitrogens with zero attached hydrogens (tertiary/aromatic N) is 2. The van der Waals surface area contributed by atoms with Crippen molar-refractivity contribution in [2.45, 2.75) is 32.6 Å². The minimum atomic E-state index is -1.13. The number of aryl methyl sites for hydroxylation is 1. The van der Waals surface area contributed by atoms with Gasteiger partial charge in [-0.25, -0.2) is 4.79 Å². The minimum absolute atomic E-state index is 0.0231. The van der Waals surface area contributed by atoms with Crippen molar-refractivity contribution in [1.29, 1.82) is 0 Å². The summed E-state index contributed by atoms with van der Waals surface area (Å²) in [5.41, 5.74) is 0.911. The molecule has 0 bridgehead atoms. The highest BCUT2D eigenvalue weighted by atomic mass is 16.4. The number of carbonyl (C=O) groups excluding carboxylic acids is 1. The van der Waals surface area contributed by atoms with Gasteiger partial charge in [0.15, 0.2) is 5.69 Å². The van der Waals surface area contributed by atoms with Gasteiger partial charge in [-0.1, -0.05) is 38.0 Å². The molecule has 0 fully saturated rings. The van der Waals surface area contributed by atoms with Crippen LogP contribution in [0.25, 0.3) is 0 Å². The van der Waals surface area contributed by atoms with Gasteiger partial charge < -0.3 is 5.11 Å². The van der Waals surface area contributed by atoms with Gasteiger partial charge in [0.05, 0.1) is 11.3 Å². The molecule has 0 atom stereocenters. The van der Waals surface area contributed by atoms with E-state index in [0.717, 1.165) is 19.3 Å². The van der Waals surface area contributed by atoms with Crippen molar-refractivity contribution in [3.8, 4) is 0 Å². The van der Waals surface area contributed by atoms with Crippen molar-refractivity contribution < 1.29 is 14.7 Å². The highest BCUT2D eigenvalue weighted by Crippen LogP contribution is 2.16. The molecule has 0 saturated heterocycles. The Kier molecular flexibility index (Phi) is 4.81. The number of hydrogen-bond acceptors (Lipinski definition) is 4. The van der Waals surface area contributed by atoms with Crippen molar-refractivity contribution in [1.82, 2.24) is 15.4 Å². The van der Waals surface area contributed by atoms with Crippen LogP contribution in [0.5, 0.6) is 0 Å². The molecule has 1 heterocycles. The topological polar surface area (TPSA) is 95.9 Å². The first-order chi connectivity index (χ1) is 10.1. The maximum Gasteiger partial charge on any atom is 0.336 e. The molecule has 6 heteroatoms. The zero-order valence-electron chi connectivity index (χ0n) is 11.8. The van der Waals surface area contributed by atoms with Crippen LogP contribution < -0.4 is 0 Å². The van der Waals surface area contributed by atoms with E-state index >= 15 is 0 Å². The summed E-state index contributed by atoms with van der Waals surface area (Å²) in [6.45, 7) is 2.10. The van der Waals surface area contributed by atoms with E-state index in [1.54, 1.807) is 12.1 Å². The molecule has 110 valence electrons. The Hall–Kier alpha value is -2.50. The van der Waals surface area contributed by atoms with Gasteiger partial charge in [0, 0.05) is 5.56 Å². The van der Waals surface area contributed by atoms with Crippen LogP contribution in [0.2, 0.25) is 0 Å². The maximum absolute atomic E-state index is 12.5. The third-order valence-corrected chi connectivity index (χ3v) is 3.25. The molecular formula is C15H17N3O3. The largest absolute Gasteiger partial charge is 0.478 e. The van der Waals surface area contributed by atoms with E-state index < -0.39 is 11.8 Å². The molecule has 2 aromatic rings. The van der Waals surface area contributed by atoms with E-state index in [0.29, 0.717) is 12.1 Å². The summed E-state index contributed by atoms with van der Waals surface area (Å²) in [4.78, 5) is 23.7. The smallest absolute Gasteiger partial charge is 0.336 e. The number of aromatic nitrogens is 3. The molecule has 0 radical (unpaired) electrons. The Morgan fingerprint density at radius 1 is 1.14 bits per heavy atom. The van der Waals surface area contributed by atoms with Crippen molar-refractivity contribution in [2.75, 3.05) is 0 Å². The summed E-state index contributed by atoms with van der Waals surface area (Å²) in [6.07, 6.45) is 3.69. The van der Waals surface area contributed by atoms with E-state index in [9.17, 15) is 9.59 Å². The maximum atomic E-state index is 12.5. The van der Waals surface area contributed by atoms with Gasteiger partial charge in [-0.05, 0) is 18.9 Å². The number of unbranched alkanes of at least 4 members (excludes halogenated alkanes) is 2. The van der Waals surface area contributed by atoms with Crippen molar-refractivity contribution >= 4 is 11.8 Å². The molecule has 0 amide bonds. The summed E-state index contributed by atoms with van der Waals surface area (Å²) in [7, 11) is 0. The Morgan fingerprint density at radius 2 is 1.86 bits per heavy atom. The van der Waals surface area contributed by atoms with E-state index in [4.69, 9.17) is 5.11 Å². The van der Waals surface area contributed by atoms with Crippen molar-refractivity contribution in [3.63, 3.8) is 0 Å². The second-order valence-corrected chi connectivity index (χ2v) is 4.76. The lowest BCUT2D eigenvalue weighted by molar-refractivity contribution is 0.0692. The lowest BCUT2D eigenvalue weighted by Gasteiger charge is -2.04. The number of H-pyrrole nitrogens is 1. The van der Waals surface area contributed by atoms with Crippen LogP contribution in [0.4, 0.5) is 0 Å². The molecular weight excluding hydrogens is 270 g/mol. The highest BCUT2D eigenvalue weighted by molar-refractivity contribution is 6.13. The third kappa shape index (κ3) is 3.34. The van der Waals surface area contributed by atoms with Crippen LogP contribution in [0.1, 0.15) is 58.3 Å². The summed E-state index contributed by atoms with van der Waals surface area (Å²) in [6, 6.07) is 6.13. The second-order valence-electron chi connectivity index (χ2n) is 4.76. The number of nitrogens with one attached hydrogen (secondary N) is 1. The van der Waals surface area contributed by atoms with Crippen molar-refractivity contribution in [2.24, 2.45) is 0 Å². The van der Waals surface area contributed by atoms with Gasteiger partial charge in [0.2, 0.25) is 5.78 Å². The van der Waals surface area contributed by atoms with Gasteiger partial charge in [0.1, 0.15) is 0 Å². The molecule has 2 N–H and O–H groups in total. The van der Waals surface area contributed by atoms with Gasteiger partial charge >= 0.3 is 5.97 Å². The van der Waals surface area contributed by atoms with E-state index in [1.165, 1.54) is 12.1 Å². The summed E-state index contributed by atoms with van der Waals surface area (Å²) >= 11 is 0. The fraction of sp³-hybridized carbons (Fsp3) is 0.333. The predicted octanol–water partition coefficient (Wildman–Crippen LogP) is 2.47. The van der Waals surface area contributed by atoms with Gasteiger partial charge in [-0.3, -0.25) is 4.79 Å². The molecule has 6 nitrogen and oxygen atoms in total. The van der Waals surface area contributed by atoms with E-state index in [2.05, 4.69) is 22.3 Å². The number of aromatic amines is 1. The second kappa shape index (κ2) is 6.78. The fourth-order valence-electron chi connectivity index (χ4n) is 2.15. The molecule has 0 aliphatic rings. The Bertz CT molecular complexity index is 649. The lowest BCUT2D eigenvalue weighted by atomic mass is 9.99. The molecule has 0 spiro atoms. The molecule has 21 heavy (non-hydrogen) atoms. The van der Waals surface area contributed by atoms with Crippen LogP contribution >= 0.6 is 0 Å². The summed E-state index contributed by atoms with van der Waals surface area (Å²) in [5, 5.41) is 19.5. The Morgan fingerprint density at radius 3 is 2.52 bits per heavy atom. The summed E-state index contributed by atoms with van der Waals surface area (Å²) in [5.74, 6) is -1.54. The molecule has 1 aromatic heterocycles. The normalized spacial score (nSPS) is 10.5. The Balaban J connectivity index is 2.29. The molecule has 0 unspecified atom stereocenters. The minimum Gasteiger partial charge on any atom is -0.478 e. The van der Waals surface area contributed by atoms with E-state index in [-0.39, 0.29) is 16.8 Å². The van der Waals surface area contributed by atoms with Crippen LogP contribution in [-0.2, 0) is 6.42 Å². The number of rotatable bonds is 7. The molecule has 1 aromatic carbocycles. The third-order valence-electron chi connectivity index (χ3n) is 3.25. The van der Waals surface area contributed by atoms with Crippen LogP contribution in [0, 0.1) is 0 Å². The average molecular weight is 287 g/mol. The van der Waals surface area contributed by atoms with Crippen molar-refractivity contribution in [3.05, 3.63) is 46.8 Å². The average Bonchev–Trinajstić information content (AvgIpc) is 2.95. The van der Waals surface area contributed by atoms with Crippen LogP contribution in [-0.4, -0.2) is 32.3 Å². The molecule has 0 aliphatic heterocycles. The molecule has 2 rings (SSSR count). The molecule has 0 aliphatic carbocycles. The first-order valence-corrected chi connectivity index (χ1v) is 6.91. The first kappa shape index (κ1) is 14.9.